The molecule has 1 aromatic carbocycles. The van der Waals surface area contributed by atoms with Crippen molar-refractivity contribution in [3.8, 4) is 21.9 Å². The Bertz CT molecular complexity index is 910. The van der Waals surface area contributed by atoms with Crippen LogP contribution >= 0.6 is 23.1 Å². The van der Waals surface area contributed by atoms with E-state index in [9.17, 15) is 13.2 Å². The molecule has 1 heterocycles. The molecular formula is C14H15ClN2O6S2. The van der Waals surface area contributed by atoms with Gasteiger partial charge < -0.3 is 14.6 Å². The molecule has 0 saturated carbocycles. The lowest BCUT2D eigenvalue weighted by atomic mass is 10.1. The predicted molar refractivity (Wildman–Crippen MR) is 93.2 cm³/mol. The molecule has 0 aliphatic rings. The maximum absolute atomic E-state index is 12.6. The summed E-state index contributed by atoms with van der Waals surface area (Å²) in [5.41, 5.74) is 0.796. The molecule has 2 N–H and O–H groups in total. The van der Waals surface area contributed by atoms with Gasteiger partial charge in [-0.3, -0.25) is 4.79 Å². The number of benzene rings is 1. The van der Waals surface area contributed by atoms with Gasteiger partial charge >= 0.3 is 5.97 Å². The van der Waals surface area contributed by atoms with Crippen molar-refractivity contribution in [2.24, 2.45) is 0 Å². The van der Waals surface area contributed by atoms with Gasteiger partial charge in [0.25, 0.3) is 0 Å². The zero-order chi connectivity index (χ0) is 18.8. The number of hydrogen-bond donors (Lipinski definition) is 2. The number of aryl methyl sites for hydroxylation is 1. The van der Waals surface area contributed by atoms with Gasteiger partial charge in [-0.1, -0.05) is 11.6 Å². The molecule has 0 atom stereocenters. The van der Waals surface area contributed by atoms with Crippen LogP contribution in [0.4, 0.5) is 0 Å². The highest BCUT2D eigenvalue weighted by Crippen LogP contribution is 2.42. The first-order chi connectivity index (χ1) is 11.7. The Morgan fingerprint density at radius 3 is 2.40 bits per heavy atom. The van der Waals surface area contributed by atoms with Crippen LogP contribution < -0.4 is 14.2 Å². The summed E-state index contributed by atoms with van der Waals surface area (Å²) >= 11 is 7.26. The number of methoxy groups -OCH3 is 2. The van der Waals surface area contributed by atoms with E-state index >= 15 is 0 Å². The second kappa shape index (κ2) is 7.56. The SMILES string of the molecule is COc1cc(-c2snc(C)c2Cl)c(S(=O)(=O)NCC(=O)O)cc1OC. The quantitative estimate of drug-likeness (QED) is 0.723. The van der Waals surface area contributed by atoms with E-state index in [2.05, 4.69) is 4.37 Å². The van der Waals surface area contributed by atoms with Crippen LogP contribution in [0.2, 0.25) is 5.02 Å². The molecule has 8 nitrogen and oxygen atoms in total. The summed E-state index contributed by atoms with van der Waals surface area (Å²) < 4.78 is 41.7. The molecule has 0 radical (unpaired) electrons. The highest BCUT2D eigenvalue weighted by atomic mass is 35.5. The number of aliphatic carboxylic acids is 1. The van der Waals surface area contributed by atoms with Crippen molar-refractivity contribution in [3.63, 3.8) is 0 Å². The van der Waals surface area contributed by atoms with Gasteiger partial charge in [0.15, 0.2) is 11.5 Å². The van der Waals surface area contributed by atoms with E-state index in [0.29, 0.717) is 21.3 Å². The van der Waals surface area contributed by atoms with E-state index in [-0.39, 0.29) is 16.2 Å². The van der Waals surface area contributed by atoms with E-state index in [1.54, 1.807) is 6.92 Å². The molecule has 136 valence electrons. The lowest BCUT2D eigenvalue weighted by Crippen LogP contribution is -2.29. The number of nitrogens with zero attached hydrogens (tertiary/aromatic N) is 1. The van der Waals surface area contributed by atoms with Crippen LogP contribution in [0.3, 0.4) is 0 Å². The summed E-state index contributed by atoms with van der Waals surface area (Å²) in [6.45, 7) is 0.936. The standard InChI is InChI=1S/C14H15ClN2O6S2/c1-7-13(15)14(24-17-7)8-4-9(22-2)10(23-3)5-11(8)25(20,21)16-6-12(18)19/h4-5,16H,6H2,1-3H3,(H,18,19). The number of carboxylic acid groups (broad SMARTS) is 1. The number of rotatable bonds is 7. The fraction of sp³-hybridized carbons (Fsp3) is 0.286. The molecule has 2 aromatic rings. The first-order valence-electron chi connectivity index (χ1n) is 6.81. The number of ether oxygens (including phenoxy) is 2. The Labute approximate surface area is 153 Å². The molecule has 0 amide bonds. The van der Waals surface area contributed by atoms with Gasteiger partial charge in [-0.15, -0.1) is 0 Å². The minimum absolute atomic E-state index is 0.180. The second-order valence-electron chi connectivity index (χ2n) is 4.83. The van der Waals surface area contributed by atoms with Gasteiger partial charge in [-0.05, 0) is 24.5 Å². The van der Waals surface area contributed by atoms with Crippen molar-refractivity contribution in [1.29, 1.82) is 0 Å². The summed E-state index contributed by atoms with van der Waals surface area (Å²) in [7, 11) is -1.37. The topological polar surface area (TPSA) is 115 Å². The van der Waals surface area contributed by atoms with Crippen LogP contribution in [0.5, 0.6) is 11.5 Å². The minimum Gasteiger partial charge on any atom is -0.493 e. The highest BCUT2D eigenvalue weighted by Gasteiger charge is 2.26. The van der Waals surface area contributed by atoms with E-state index in [4.69, 9.17) is 26.2 Å². The van der Waals surface area contributed by atoms with Gasteiger partial charge in [-0.2, -0.15) is 9.10 Å². The van der Waals surface area contributed by atoms with Crippen LogP contribution in [0.25, 0.3) is 10.4 Å². The lowest BCUT2D eigenvalue weighted by Gasteiger charge is -2.15. The first kappa shape index (κ1) is 19.4. The molecule has 0 aliphatic carbocycles. The van der Waals surface area contributed by atoms with Crippen molar-refractivity contribution in [2.75, 3.05) is 20.8 Å². The van der Waals surface area contributed by atoms with Crippen LogP contribution in [-0.2, 0) is 14.8 Å². The van der Waals surface area contributed by atoms with Crippen molar-refractivity contribution < 1.29 is 27.8 Å². The van der Waals surface area contributed by atoms with Crippen LogP contribution in [0, 0.1) is 6.92 Å². The number of nitrogens with one attached hydrogen (secondary N) is 1. The molecule has 11 heteroatoms. The molecule has 2 rings (SSSR count). The fourth-order valence-electron chi connectivity index (χ4n) is 2.02. The third-order valence-corrected chi connectivity index (χ3v) is 6.21. The number of carboxylic acids is 1. The monoisotopic (exact) mass is 406 g/mol. The van der Waals surface area contributed by atoms with E-state index in [1.807, 2.05) is 4.72 Å². The van der Waals surface area contributed by atoms with E-state index in [0.717, 1.165) is 11.5 Å². The van der Waals surface area contributed by atoms with E-state index in [1.165, 1.54) is 26.4 Å². The zero-order valence-electron chi connectivity index (χ0n) is 13.5. The average Bonchev–Trinajstić information content (AvgIpc) is 2.91. The van der Waals surface area contributed by atoms with Crippen molar-refractivity contribution in [1.82, 2.24) is 9.10 Å². The first-order valence-corrected chi connectivity index (χ1v) is 9.44. The Morgan fingerprint density at radius 2 is 1.92 bits per heavy atom. The molecule has 1 aromatic heterocycles. The fourth-order valence-corrected chi connectivity index (χ4v) is 4.38. The number of aromatic nitrogens is 1. The lowest BCUT2D eigenvalue weighted by molar-refractivity contribution is -0.135. The Kier molecular flexibility index (Phi) is 5.88. The maximum Gasteiger partial charge on any atom is 0.318 e. The third kappa shape index (κ3) is 4.03. The smallest absolute Gasteiger partial charge is 0.318 e. The third-order valence-electron chi connectivity index (χ3n) is 3.22. The van der Waals surface area contributed by atoms with Gasteiger partial charge in [-0.25, -0.2) is 8.42 Å². The van der Waals surface area contributed by atoms with Crippen molar-refractivity contribution in [2.45, 2.75) is 11.8 Å². The van der Waals surface area contributed by atoms with E-state index < -0.39 is 22.5 Å². The Balaban J connectivity index is 2.72. The molecule has 0 saturated heterocycles. The second-order valence-corrected chi connectivity index (χ2v) is 7.72. The van der Waals surface area contributed by atoms with Gasteiger partial charge in [0.1, 0.15) is 6.54 Å². The molecule has 0 bridgehead atoms. The highest BCUT2D eigenvalue weighted by molar-refractivity contribution is 7.89. The molecule has 0 unspecified atom stereocenters. The average molecular weight is 407 g/mol. The van der Waals surface area contributed by atoms with Gasteiger partial charge in [0.2, 0.25) is 10.0 Å². The molecular weight excluding hydrogens is 392 g/mol. The zero-order valence-corrected chi connectivity index (χ0v) is 15.9. The number of hydrogen-bond acceptors (Lipinski definition) is 7. The molecule has 0 spiro atoms. The summed E-state index contributed by atoms with van der Waals surface area (Å²) in [6, 6.07) is 2.72. The Morgan fingerprint density at radius 1 is 1.32 bits per heavy atom. The summed E-state index contributed by atoms with van der Waals surface area (Å²) in [5, 5.41) is 9.05. The van der Waals surface area contributed by atoms with Crippen LogP contribution in [0.15, 0.2) is 17.0 Å². The molecule has 25 heavy (non-hydrogen) atoms. The molecule has 0 fully saturated rings. The van der Waals surface area contributed by atoms with Gasteiger partial charge in [0.05, 0.1) is 34.7 Å². The van der Waals surface area contributed by atoms with Crippen molar-refractivity contribution >= 4 is 39.1 Å². The Hall–Kier alpha value is -1.88. The summed E-state index contributed by atoms with van der Waals surface area (Å²) in [6.07, 6.45) is 0. The minimum atomic E-state index is -4.15. The largest absolute Gasteiger partial charge is 0.493 e. The van der Waals surface area contributed by atoms with Crippen LogP contribution in [-0.4, -0.2) is 44.6 Å². The van der Waals surface area contributed by atoms with Crippen molar-refractivity contribution in [3.05, 3.63) is 22.8 Å². The van der Waals surface area contributed by atoms with Gasteiger partial charge in [0, 0.05) is 11.6 Å². The number of sulfonamides is 1. The maximum atomic E-state index is 12.6. The normalized spacial score (nSPS) is 11.4. The predicted octanol–water partition coefficient (Wildman–Crippen LogP) is 2.15. The summed E-state index contributed by atoms with van der Waals surface area (Å²) in [4.78, 5) is 11.0. The molecule has 0 aliphatic heterocycles. The summed E-state index contributed by atoms with van der Waals surface area (Å²) in [5.74, 6) is -0.826. The number of halogens is 1. The van der Waals surface area contributed by atoms with Crippen LogP contribution in [0.1, 0.15) is 5.69 Å². The number of carbonyl (C=O) groups is 1.